The number of ether oxygens (including phenoxy) is 3. The van der Waals surface area contributed by atoms with Gasteiger partial charge in [0.25, 0.3) is 0 Å². The monoisotopic (exact) mass is 349 g/mol. The maximum Gasteiger partial charge on any atom is 0.347 e. The fourth-order valence-electron chi connectivity index (χ4n) is 1.96. The molecule has 0 radical (unpaired) electrons. The summed E-state index contributed by atoms with van der Waals surface area (Å²) in [6, 6.07) is 0. The summed E-state index contributed by atoms with van der Waals surface area (Å²) < 4.78 is 15.9. The maximum absolute atomic E-state index is 11.7. The summed E-state index contributed by atoms with van der Waals surface area (Å²) in [6.45, 7) is 5.93. The number of esters is 1. The molecule has 1 aliphatic rings. The SMILES string of the molecule is CCOC(=O)C(C)Oc1c(Cl)nc(Cl)nc1N1CCOCC1. The number of rotatable bonds is 5. The quantitative estimate of drug-likeness (QED) is 0.456. The van der Waals surface area contributed by atoms with E-state index in [2.05, 4.69) is 9.97 Å². The van der Waals surface area contributed by atoms with Gasteiger partial charge in [-0.05, 0) is 25.4 Å². The van der Waals surface area contributed by atoms with E-state index in [4.69, 9.17) is 37.4 Å². The molecule has 0 spiro atoms. The second kappa shape index (κ2) is 7.80. The lowest BCUT2D eigenvalue weighted by Gasteiger charge is -2.29. The third-order valence-electron chi connectivity index (χ3n) is 3.00. The van der Waals surface area contributed by atoms with Crippen LogP contribution in [0.5, 0.6) is 5.75 Å². The zero-order valence-corrected chi connectivity index (χ0v) is 13.9. The molecule has 2 heterocycles. The van der Waals surface area contributed by atoms with E-state index in [0.29, 0.717) is 32.1 Å². The average molecular weight is 350 g/mol. The lowest BCUT2D eigenvalue weighted by atomic mass is 10.3. The second-order valence-electron chi connectivity index (χ2n) is 4.55. The Morgan fingerprint density at radius 2 is 2.05 bits per heavy atom. The minimum Gasteiger partial charge on any atom is -0.472 e. The molecular weight excluding hydrogens is 333 g/mol. The van der Waals surface area contributed by atoms with Gasteiger partial charge in [0, 0.05) is 13.1 Å². The molecule has 1 unspecified atom stereocenters. The van der Waals surface area contributed by atoms with Gasteiger partial charge in [-0.25, -0.2) is 9.78 Å². The minimum absolute atomic E-state index is 0.0163. The van der Waals surface area contributed by atoms with Crippen LogP contribution < -0.4 is 9.64 Å². The molecule has 0 amide bonds. The number of aromatic nitrogens is 2. The molecule has 0 saturated carbocycles. The van der Waals surface area contributed by atoms with E-state index in [1.807, 2.05) is 4.90 Å². The van der Waals surface area contributed by atoms with E-state index < -0.39 is 12.1 Å². The largest absolute Gasteiger partial charge is 0.472 e. The molecule has 2 rings (SSSR count). The van der Waals surface area contributed by atoms with Crippen LogP contribution in [0.4, 0.5) is 5.82 Å². The summed E-state index contributed by atoms with van der Waals surface area (Å²) in [5, 5.41) is 0.0697. The molecule has 1 saturated heterocycles. The van der Waals surface area contributed by atoms with Crippen LogP contribution in [0.1, 0.15) is 13.8 Å². The first-order valence-corrected chi connectivity index (χ1v) is 7.67. The van der Waals surface area contributed by atoms with E-state index in [0.717, 1.165) is 0 Å². The van der Waals surface area contributed by atoms with Crippen LogP contribution >= 0.6 is 23.2 Å². The van der Waals surface area contributed by atoms with Crippen LogP contribution in [0.15, 0.2) is 0 Å². The highest BCUT2D eigenvalue weighted by Crippen LogP contribution is 2.35. The zero-order chi connectivity index (χ0) is 16.1. The minimum atomic E-state index is -0.831. The Balaban J connectivity index is 2.26. The van der Waals surface area contributed by atoms with Crippen molar-refractivity contribution in [1.82, 2.24) is 9.97 Å². The number of carbonyl (C=O) groups excluding carboxylic acids is 1. The van der Waals surface area contributed by atoms with E-state index >= 15 is 0 Å². The number of nitrogens with zero attached hydrogens (tertiary/aromatic N) is 3. The first-order chi connectivity index (χ1) is 10.5. The third kappa shape index (κ3) is 4.12. The Labute approximate surface area is 138 Å². The van der Waals surface area contributed by atoms with Gasteiger partial charge in [0.1, 0.15) is 0 Å². The number of anilines is 1. The summed E-state index contributed by atoms with van der Waals surface area (Å²) in [6.07, 6.45) is -0.831. The Kier molecular flexibility index (Phi) is 6.05. The van der Waals surface area contributed by atoms with Gasteiger partial charge in [-0.3, -0.25) is 0 Å². The van der Waals surface area contributed by atoms with Gasteiger partial charge in [-0.15, -0.1) is 0 Å². The van der Waals surface area contributed by atoms with Crippen molar-refractivity contribution < 1.29 is 19.0 Å². The van der Waals surface area contributed by atoms with Gasteiger partial charge in [0.15, 0.2) is 22.8 Å². The van der Waals surface area contributed by atoms with Gasteiger partial charge in [-0.1, -0.05) is 11.6 Å². The number of hydrogen-bond donors (Lipinski definition) is 0. The Morgan fingerprint density at radius 3 is 2.68 bits per heavy atom. The third-order valence-corrected chi connectivity index (χ3v) is 3.43. The van der Waals surface area contributed by atoms with Crippen molar-refractivity contribution in [3.05, 3.63) is 10.4 Å². The summed E-state index contributed by atoms with van der Waals surface area (Å²) in [7, 11) is 0. The molecule has 0 aliphatic carbocycles. The van der Waals surface area contributed by atoms with E-state index in [9.17, 15) is 4.79 Å². The molecular formula is C13H17Cl2N3O4. The van der Waals surface area contributed by atoms with Crippen molar-refractivity contribution >= 4 is 35.0 Å². The topological polar surface area (TPSA) is 73.8 Å². The first kappa shape index (κ1) is 17.1. The fourth-order valence-corrected chi connectivity index (χ4v) is 2.38. The predicted molar refractivity (Wildman–Crippen MR) is 81.8 cm³/mol. The van der Waals surface area contributed by atoms with Gasteiger partial charge in [0.05, 0.1) is 19.8 Å². The van der Waals surface area contributed by atoms with Crippen LogP contribution in [-0.4, -0.2) is 55.0 Å². The second-order valence-corrected chi connectivity index (χ2v) is 5.24. The number of carbonyl (C=O) groups is 1. The molecule has 0 aromatic carbocycles. The van der Waals surface area contributed by atoms with Crippen molar-refractivity contribution in [2.75, 3.05) is 37.8 Å². The highest BCUT2D eigenvalue weighted by Gasteiger charge is 2.25. The van der Waals surface area contributed by atoms with Crippen LogP contribution in [0.2, 0.25) is 10.4 Å². The predicted octanol–water partition coefficient (Wildman–Crippen LogP) is 1.95. The molecule has 1 fully saturated rings. The first-order valence-electron chi connectivity index (χ1n) is 6.92. The number of morpholine rings is 1. The average Bonchev–Trinajstić information content (AvgIpc) is 2.50. The molecule has 7 nitrogen and oxygen atoms in total. The summed E-state index contributed by atoms with van der Waals surface area (Å²) in [4.78, 5) is 21.7. The van der Waals surface area contributed by atoms with E-state index in [-0.39, 0.29) is 22.8 Å². The zero-order valence-electron chi connectivity index (χ0n) is 12.3. The highest BCUT2D eigenvalue weighted by atomic mass is 35.5. The molecule has 9 heteroatoms. The standard InChI is InChI=1S/C13H17Cl2N3O4/c1-3-21-12(19)8(2)22-9-10(14)16-13(15)17-11(9)18-4-6-20-7-5-18/h8H,3-7H2,1-2H3. The molecule has 1 aliphatic heterocycles. The van der Waals surface area contributed by atoms with Crippen molar-refractivity contribution in [2.24, 2.45) is 0 Å². The number of hydrogen-bond acceptors (Lipinski definition) is 7. The molecule has 0 N–H and O–H groups in total. The van der Waals surface area contributed by atoms with Gasteiger partial charge in [0.2, 0.25) is 5.28 Å². The van der Waals surface area contributed by atoms with E-state index in [1.165, 1.54) is 0 Å². The van der Waals surface area contributed by atoms with Crippen molar-refractivity contribution in [1.29, 1.82) is 0 Å². The van der Waals surface area contributed by atoms with Crippen molar-refractivity contribution in [3.63, 3.8) is 0 Å². The van der Waals surface area contributed by atoms with Crippen LogP contribution in [-0.2, 0) is 14.3 Å². The van der Waals surface area contributed by atoms with Gasteiger partial charge < -0.3 is 19.1 Å². The lowest BCUT2D eigenvalue weighted by Crippen LogP contribution is -2.37. The molecule has 22 heavy (non-hydrogen) atoms. The van der Waals surface area contributed by atoms with Gasteiger partial charge >= 0.3 is 5.97 Å². The Morgan fingerprint density at radius 1 is 1.36 bits per heavy atom. The smallest absolute Gasteiger partial charge is 0.347 e. The van der Waals surface area contributed by atoms with Crippen LogP contribution in [0, 0.1) is 0 Å². The molecule has 122 valence electrons. The summed E-state index contributed by atoms with van der Waals surface area (Å²) in [5.41, 5.74) is 0. The lowest BCUT2D eigenvalue weighted by molar-refractivity contribution is -0.150. The van der Waals surface area contributed by atoms with Gasteiger partial charge in [-0.2, -0.15) is 4.98 Å². The summed E-state index contributed by atoms with van der Waals surface area (Å²) in [5.74, 6) is 0.180. The molecule has 1 atom stereocenters. The van der Waals surface area contributed by atoms with Crippen molar-refractivity contribution in [2.45, 2.75) is 20.0 Å². The summed E-state index contributed by atoms with van der Waals surface area (Å²) >= 11 is 12.0. The highest BCUT2D eigenvalue weighted by molar-refractivity contribution is 6.33. The molecule has 0 bridgehead atoms. The Hall–Kier alpha value is -1.31. The number of halogens is 2. The molecule has 1 aromatic heterocycles. The fraction of sp³-hybridized carbons (Fsp3) is 0.615. The van der Waals surface area contributed by atoms with Crippen LogP contribution in [0.25, 0.3) is 0 Å². The normalized spacial score (nSPS) is 16.3. The maximum atomic E-state index is 11.7. The van der Waals surface area contributed by atoms with E-state index in [1.54, 1.807) is 13.8 Å². The van der Waals surface area contributed by atoms with Crippen LogP contribution in [0.3, 0.4) is 0 Å². The van der Waals surface area contributed by atoms with Crippen molar-refractivity contribution in [3.8, 4) is 5.75 Å². The molecule has 1 aromatic rings. The Bertz CT molecular complexity index is 538.